The molecule has 2 N–H and O–H groups in total. The maximum Gasteiger partial charge on any atom is 0.239 e. The van der Waals surface area contributed by atoms with Gasteiger partial charge in [0.05, 0.1) is 23.6 Å². The van der Waals surface area contributed by atoms with Crippen molar-refractivity contribution in [1.29, 1.82) is 0 Å². The minimum absolute atomic E-state index is 0.0479. The van der Waals surface area contributed by atoms with E-state index in [-0.39, 0.29) is 23.7 Å². The first-order valence-electron chi connectivity index (χ1n) is 6.39. The zero-order valence-corrected chi connectivity index (χ0v) is 12.3. The van der Waals surface area contributed by atoms with Gasteiger partial charge in [-0.15, -0.1) is 0 Å². The molecule has 1 aromatic carbocycles. The number of amides is 1. The van der Waals surface area contributed by atoms with Crippen LogP contribution in [0, 0.1) is 11.6 Å². The van der Waals surface area contributed by atoms with Gasteiger partial charge in [-0.2, -0.15) is 0 Å². The monoisotopic (exact) mass is 318 g/mol. The van der Waals surface area contributed by atoms with Gasteiger partial charge < -0.3 is 10.6 Å². The highest BCUT2D eigenvalue weighted by molar-refractivity contribution is 7.91. The molecule has 0 aliphatic carbocycles. The van der Waals surface area contributed by atoms with Gasteiger partial charge in [0.2, 0.25) is 5.91 Å². The van der Waals surface area contributed by atoms with Gasteiger partial charge >= 0.3 is 0 Å². The van der Waals surface area contributed by atoms with Gasteiger partial charge in [0.1, 0.15) is 11.6 Å². The molecule has 1 aromatic rings. The molecule has 1 amide bonds. The summed E-state index contributed by atoms with van der Waals surface area (Å²) in [4.78, 5) is 11.8. The predicted octanol–water partition coefficient (Wildman–Crippen LogP) is 1.07. The molecule has 0 unspecified atom stereocenters. The predicted molar refractivity (Wildman–Crippen MR) is 74.7 cm³/mol. The molecule has 1 heterocycles. The van der Waals surface area contributed by atoms with Crippen LogP contribution in [-0.2, 0) is 14.6 Å². The van der Waals surface area contributed by atoms with Crippen LogP contribution in [0.25, 0.3) is 0 Å². The second kappa shape index (κ2) is 5.59. The second-order valence-electron chi connectivity index (χ2n) is 5.46. The van der Waals surface area contributed by atoms with Gasteiger partial charge in [-0.05, 0) is 25.5 Å². The maximum atomic E-state index is 13.0. The Hall–Kier alpha value is -1.70. The van der Waals surface area contributed by atoms with Crippen molar-refractivity contribution in [3.8, 4) is 0 Å². The number of rotatable bonds is 4. The van der Waals surface area contributed by atoms with E-state index >= 15 is 0 Å². The van der Waals surface area contributed by atoms with Crippen LogP contribution in [0.4, 0.5) is 14.5 Å². The molecule has 0 saturated carbocycles. The number of sulfone groups is 1. The van der Waals surface area contributed by atoms with Crippen LogP contribution in [0.1, 0.15) is 13.3 Å². The molecule has 1 aliphatic heterocycles. The highest BCUT2D eigenvalue weighted by atomic mass is 32.2. The second-order valence-corrected chi connectivity index (χ2v) is 7.65. The van der Waals surface area contributed by atoms with E-state index in [0.29, 0.717) is 6.42 Å². The molecule has 0 bridgehead atoms. The minimum atomic E-state index is -3.11. The third-order valence-electron chi connectivity index (χ3n) is 3.26. The van der Waals surface area contributed by atoms with Crippen molar-refractivity contribution >= 4 is 21.4 Å². The lowest BCUT2D eigenvalue weighted by atomic mass is 10.0. The van der Waals surface area contributed by atoms with Crippen LogP contribution in [0.3, 0.4) is 0 Å². The standard InChI is InChI=1S/C13H16F2N2O3S/c1-13(2-3-21(19,20)8-13)17-12(18)7-16-11-5-9(14)4-10(15)6-11/h4-6,16H,2-3,7-8H2,1H3,(H,17,18)/t13-/m0/s1. The van der Waals surface area contributed by atoms with E-state index < -0.39 is 32.9 Å². The van der Waals surface area contributed by atoms with E-state index in [1.54, 1.807) is 6.92 Å². The fraction of sp³-hybridized carbons (Fsp3) is 0.462. The van der Waals surface area contributed by atoms with Gasteiger partial charge in [-0.1, -0.05) is 0 Å². The fourth-order valence-electron chi connectivity index (χ4n) is 2.33. The highest BCUT2D eigenvalue weighted by Crippen LogP contribution is 2.22. The molecule has 0 spiro atoms. The summed E-state index contributed by atoms with van der Waals surface area (Å²) in [5, 5.41) is 5.24. The smallest absolute Gasteiger partial charge is 0.239 e. The number of benzene rings is 1. The van der Waals surface area contributed by atoms with Gasteiger partial charge in [0.25, 0.3) is 0 Å². The van der Waals surface area contributed by atoms with Crippen LogP contribution in [0.2, 0.25) is 0 Å². The summed E-state index contributed by atoms with van der Waals surface area (Å²) in [6, 6.07) is 2.87. The number of nitrogens with one attached hydrogen (secondary N) is 2. The fourth-order valence-corrected chi connectivity index (χ4v) is 4.42. The summed E-state index contributed by atoms with van der Waals surface area (Å²) < 4.78 is 48.8. The first kappa shape index (κ1) is 15.7. The Kier molecular flexibility index (Phi) is 4.18. The molecule has 1 aliphatic rings. The van der Waals surface area contributed by atoms with E-state index in [9.17, 15) is 22.0 Å². The topological polar surface area (TPSA) is 75.3 Å². The summed E-state index contributed by atoms with van der Waals surface area (Å²) in [6.07, 6.45) is 0.357. The first-order valence-corrected chi connectivity index (χ1v) is 8.21. The number of anilines is 1. The average molecular weight is 318 g/mol. The third kappa shape index (κ3) is 4.38. The summed E-state index contributed by atoms with van der Waals surface area (Å²) in [5.41, 5.74) is -0.642. The van der Waals surface area contributed by atoms with Crippen molar-refractivity contribution in [1.82, 2.24) is 5.32 Å². The molecule has 8 heteroatoms. The highest BCUT2D eigenvalue weighted by Gasteiger charge is 2.39. The number of hydrogen-bond acceptors (Lipinski definition) is 4. The number of hydrogen-bond donors (Lipinski definition) is 2. The lowest BCUT2D eigenvalue weighted by Gasteiger charge is -2.24. The Morgan fingerprint density at radius 3 is 2.43 bits per heavy atom. The Morgan fingerprint density at radius 2 is 1.90 bits per heavy atom. The van der Waals surface area contributed by atoms with E-state index in [1.165, 1.54) is 0 Å². The van der Waals surface area contributed by atoms with Gasteiger partial charge in [0.15, 0.2) is 9.84 Å². The van der Waals surface area contributed by atoms with Gasteiger partial charge in [0, 0.05) is 11.8 Å². The number of carbonyl (C=O) groups excluding carboxylic acids is 1. The lowest BCUT2D eigenvalue weighted by molar-refractivity contribution is -0.120. The SMILES string of the molecule is C[C@]1(NC(=O)CNc2cc(F)cc(F)c2)CCS(=O)(=O)C1. The van der Waals surface area contributed by atoms with Crippen molar-refractivity contribution in [2.45, 2.75) is 18.9 Å². The van der Waals surface area contributed by atoms with Crippen LogP contribution in [0.5, 0.6) is 0 Å². The summed E-state index contributed by atoms with van der Waals surface area (Å²) in [7, 11) is -3.11. The molecule has 0 radical (unpaired) electrons. The molecule has 116 valence electrons. The van der Waals surface area contributed by atoms with Crippen molar-refractivity contribution in [2.24, 2.45) is 0 Å². The van der Waals surface area contributed by atoms with Crippen molar-refractivity contribution < 1.29 is 22.0 Å². The maximum absolute atomic E-state index is 13.0. The van der Waals surface area contributed by atoms with E-state index in [1.807, 2.05) is 0 Å². The zero-order chi connectivity index (χ0) is 15.7. The molecule has 21 heavy (non-hydrogen) atoms. The number of halogens is 2. The Labute approximate surface area is 121 Å². The molecular weight excluding hydrogens is 302 g/mol. The largest absolute Gasteiger partial charge is 0.376 e. The number of carbonyl (C=O) groups is 1. The molecular formula is C13H16F2N2O3S. The van der Waals surface area contributed by atoms with Crippen LogP contribution in [-0.4, -0.2) is 37.9 Å². The van der Waals surface area contributed by atoms with Crippen LogP contribution >= 0.6 is 0 Å². The van der Waals surface area contributed by atoms with Gasteiger partial charge in [-0.3, -0.25) is 4.79 Å². The third-order valence-corrected chi connectivity index (χ3v) is 5.16. The lowest BCUT2D eigenvalue weighted by Crippen LogP contribution is -2.48. The summed E-state index contributed by atoms with van der Waals surface area (Å²) in [5.74, 6) is -1.97. The first-order chi connectivity index (χ1) is 9.67. The van der Waals surface area contributed by atoms with Crippen molar-refractivity contribution in [3.05, 3.63) is 29.8 Å². The normalized spacial score (nSPS) is 23.8. The molecule has 1 fully saturated rings. The quantitative estimate of drug-likeness (QED) is 0.871. The van der Waals surface area contributed by atoms with Crippen LogP contribution < -0.4 is 10.6 Å². The summed E-state index contributed by atoms with van der Waals surface area (Å²) in [6.45, 7) is 1.47. The molecule has 1 saturated heterocycles. The molecule has 0 aromatic heterocycles. The van der Waals surface area contributed by atoms with E-state index in [4.69, 9.17) is 0 Å². The zero-order valence-electron chi connectivity index (χ0n) is 11.4. The molecule has 2 rings (SSSR count). The Morgan fingerprint density at radius 1 is 1.29 bits per heavy atom. The van der Waals surface area contributed by atoms with Crippen molar-refractivity contribution in [2.75, 3.05) is 23.4 Å². The summed E-state index contributed by atoms with van der Waals surface area (Å²) >= 11 is 0. The Bertz CT molecular complexity index is 643. The van der Waals surface area contributed by atoms with E-state index in [0.717, 1.165) is 18.2 Å². The van der Waals surface area contributed by atoms with Crippen LogP contribution in [0.15, 0.2) is 18.2 Å². The minimum Gasteiger partial charge on any atom is -0.376 e. The molecule has 5 nitrogen and oxygen atoms in total. The van der Waals surface area contributed by atoms with E-state index in [2.05, 4.69) is 10.6 Å². The molecule has 1 atom stereocenters. The van der Waals surface area contributed by atoms with Gasteiger partial charge in [-0.25, -0.2) is 17.2 Å². The van der Waals surface area contributed by atoms with Crippen molar-refractivity contribution in [3.63, 3.8) is 0 Å². The average Bonchev–Trinajstić information content (AvgIpc) is 2.59. The Balaban J connectivity index is 1.91.